The Bertz CT molecular complexity index is 701. The van der Waals surface area contributed by atoms with Crippen LogP contribution in [0, 0.1) is 5.82 Å². The molecule has 1 fully saturated rings. The Morgan fingerprint density at radius 2 is 1.92 bits per heavy atom. The maximum Gasteiger partial charge on any atom is 0.248 e. The molecule has 0 spiro atoms. The second-order valence-corrected chi connectivity index (χ2v) is 6.13. The van der Waals surface area contributed by atoms with Crippen LogP contribution in [0.1, 0.15) is 12.8 Å². The quantitative estimate of drug-likeness (QED) is 0.928. The molecule has 1 aromatic carbocycles. The van der Waals surface area contributed by atoms with Crippen molar-refractivity contribution in [2.24, 2.45) is 0 Å². The van der Waals surface area contributed by atoms with E-state index in [9.17, 15) is 4.39 Å². The summed E-state index contributed by atoms with van der Waals surface area (Å²) in [6.07, 6.45) is 3.49. The fourth-order valence-corrected chi connectivity index (χ4v) is 2.93. The first-order chi connectivity index (χ1) is 11.6. The molecule has 1 saturated heterocycles. The van der Waals surface area contributed by atoms with Crippen LogP contribution >= 0.6 is 0 Å². The Balaban J connectivity index is 1.78. The maximum absolute atomic E-state index is 13.8. The second kappa shape index (κ2) is 7.00. The highest BCUT2D eigenvalue weighted by atomic mass is 19.1. The highest BCUT2D eigenvalue weighted by Crippen LogP contribution is 2.33. The highest BCUT2D eigenvalue weighted by molar-refractivity contribution is 5.68. The van der Waals surface area contributed by atoms with Gasteiger partial charge in [-0.05, 0) is 39.1 Å². The topological polar surface area (TPSA) is 67.5 Å². The molecule has 0 bridgehead atoms. The zero-order chi connectivity index (χ0) is 17.1. The summed E-state index contributed by atoms with van der Waals surface area (Å²) in [4.78, 5) is 12.7. The number of rotatable bonds is 4. The van der Waals surface area contributed by atoms with Crippen molar-refractivity contribution in [3.63, 3.8) is 0 Å². The average Bonchev–Trinajstić information content (AvgIpc) is 2.59. The van der Waals surface area contributed by atoms with E-state index in [0.717, 1.165) is 25.9 Å². The van der Waals surface area contributed by atoms with Gasteiger partial charge in [-0.1, -0.05) is 12.1 Å². The maximum atomic E-state index is 13.8. The zero-order valence-electron chi connectivity index (χ0n) is 13.9. The molecule has 0 saturated carbocycles. The van der Waals surface area contributed by atoms with Crippen molar-refractivity contribution in [3.05, 3.63) is 36.4 Å². The summed E-state index contributed by atoms with van der Waals surface area (Å²) in [6, 6.07) is 6.74. The van der Waals surface area contributed by atoms with Crippen LogP contribution in [-0.2, 0) is 0 Å². The van der Waals surface area contributed by atoms with Gasteiger partial charge in [0.2, 0.25) is 5.88 Å². The van der Waals surface area contributed by atoms with Gasteiger partial charge in [0.25, 0.3) is 0 Å². The van der Waals surface area contributed by atoms with Gasteiger partial charge < -0.3 is 20.3 Å². The van der Waals surface area contributed by atoms with Crippen LogP contribution in [0.3, 0.4) is 0 Å². The molecule has 0 unspecified atom stereocenters. The molecule has 6 nitrogen and oxygen atoms in total. The summed E-state index contributed by atoms with van der Waals surface area (Å²) in [6.45, 7) is 1.73. The molecule has 128 valence electrons. The monoisotopic (exact) mass is 331 g/mol. The number of nitrogen functional groups attached to an aromatic ring is 1. The minimum atomic E-state index is -0.455. The number of aromatic nitrogens is 2. The molecule has 1 aliphatic rings. The smallest absolute Gasteiger partial charge is 0.248 e. The zero-order valence-corrected chi connectivity index (χ0v) is 13.9. The number of hydrogen-bond acceptors (Lipinski definition) is 6. The van der Waals surface area contributed by atoms with E-state index >= 15 is 0 Å². The summed E-state index contributed by atoms with van der Waals surface area (Å²) >= 11 is 0. The Kier molecular flexibility index (Phi) is 4.80. The van der Waals surface area contributed by atoms with E-state index < -0.39 is 5.82 Å². The molecule has 2 heterocycles. The Hall–Kier alpha value is -2.41. The van der Waals surface area contributed by atoms with Crippen LogP contribution in [0.5, 0.6) is 11.6 Å². The van der Waals surface area contributed by atoms with Gasteiger partial charge in [0, 0.05) is 19.1 Å². The van der Waals surface area contributed by atoms with Gasteiger partial charge in [0.1, 0.15) is 12.0 Å². The normalized spacial score (nSPS) is 15.8. The minimum Gasteiger partial charge on any atom is -0.434 e. The standard InChI is InChI=1S/C17H22FN5O/c1-22(2)12-7-9-23(10-8-12)16-15(19)17(21-11-20-16)24-14-6-4-3-5-13(14)18/h3-6,11-12H,7-10,19H2,1-2H3. The fraction of sp³-hybridized carbons (Fsp3) is 0.412. The van der Waals surface area contributed by atoms with E-state index in [1.807, 2.05) is 0 Å². The van der Waals surface area contributed by atoms with Gasteiger partial charge in [-0.3, -0.25) is 0 Å². The van der Waals surface area contributed by atoms with Crippen molar-refractivity contribution in [2.75, 3.05) is 37.8 Å². The van der Waals surface area contributed by atoms with E-state index in [1.54, 1.807) is 18.2 Å². The van der Waals surface area contributed by atoms with Crippen LogP contribution in [0.4, 0.5) is 15.9 Å². The Morgan fingerprint density at radius 1 is 1.21 bits per heavy atom. The summed E-state index contributed by atoms with van der Waals surface area (Å²) in [5.74, 6) is 0.470. The first-order valence-electron chi connectivity index (χ1n) is 8.00. The molecule has 24 heavy (non-hydrogen) atoms. The van der Waals surface area contributed by atoms with E-state index in [4.69, 9.17) is 10.5 Å². The predicted octanol–water partition coefficient (Wildman–Crippen LogP) is 2.52. The van der Waals surface area contributed by atoms with Crippen molar-refractivity contribution in [3.8, 4) is 11.6 Å². The minimum absolute atomic E-state index is 0.0974. The van der Waals surface area contributed by atoms with Crippen LogP contribution < -0.4 is 15.4 Å². The number of halogens is 1. The van der Waals surface area contributed by atoms with Crippen molar-refractivity contribution in [1.82, 2.24) is 14.9 Å². The molecule has 0 aliphatic carbocycles. The van der Waals surface area contributed by atoms with Crippen molar-refractivity contribution in [2.45, 2.75) is 18.9 Å². The summed E-state index contributed by atoms with van der Waals surface area (Å²) in [5.41, 5.74) is 6.52. The van der Waals surface area contributed by atoms with Gasteiger partial charge in [0.15, 0.2) is 17.4 Å². The van der Waals surface area contributed by atoms with Gasteiger partial charge >= 0.3 is 0 Å². The number of nitrogens with zero attached hydrogens (tertiary/aromatic N) is 4. The van der Waals surface area contributed by atoms with Crippen molar-refractivity contribution < 1.29 is 9.13 Å². The second-order valence-electron chi connectivity index (χ2n) is 6.13. The first-order valence-corrected chi connectivity index (χ1v) is 8.00. The molecule has 3 rings (SSSR count). The molecule has 2 aromatic rings. The molecular weight excluding hydrogens is 309 g/mol. The number of hydrogen-bond donors (Lipinski definition) is 1. The number of anilines is 2. The lowest BCUT2D eigenvalue weighted by atomic mass is 10.0. The molecule has 7 heteroatoms. The molecular formula is C17H22FN5O. The molecule has 1 aliphatic heterocycles. The molecule has 0 amide bonds. The number of para-hydroxylation sites is 1. The molecule has 0 radical (unpaired) electrons. The summed E-state index contributed by atoms with van der Waals surface area (Å²) in [5, 5.41) is 0. The average molecular weight is 331 g/mol. The molecule has 0 atom stereocenters. The third kappa shape index (κ3) is 3.41. The van der Waals surface area contributed by atoms with E-state index in [2.05, 4.69) is 33.9 Å². The number of ether oxygens (including phenoxy) is 1. The van der Waals surface area contributed by atoms with Crippen molar-refractivity contribution >= 4 is 11.5 Å². The lowest BCUT2D eigenvalue weighted by Gasteiger charge is -2.36. The lowest BCUT2D eigenvalue weighted by Crippen LogP contribution is -2.42. The number of nitrogens with two attached hydrogens (primary N) is 1. The van der Waals surface area contributed by atoms with Gasteiger partial charge in [-0.25, -0.2) is 9.37 Å². The number of benzene rings is 1. The fourth-order valence-electron chi connectivity index (χ4n) is 2.93. The molecule has 2 N–H and O–H groups in total. The SMILES string of the molecule is CN(C)C1CCN(c2ncnc(Oc3ccccc3F)c2N)CC1. The van der Waals surface area contributed by atoms with E-state index in [1.165, 1.54) is 12.4 Å². The lowest BCUT2D eigenvalue weighted by molar-refractivity contribution is 0.249. The van der Waals surface area contributed by atoms with E-state index in [-0.39, 0.29) is 11.6 Å². The van der Waals surface area contributed by atoms with Crippen LogP contribution in [0.2, 0.25) is 0 Å². The third-order valence-electron chi connectivity index (χ3n) is 4.36. The van der Waals surface area contributed by atoms with Crippen LogP contribution in [0.15, 0.2) is 30.6 Å². The highest BCUT2D eigenvalue weighted by Gasteiger charge is 2.24. The largest absolute Gasteiger partial charge is 0.434 e. The first kappa shape index (κ1) is 16.4. The van der Waals surface area contributed by atoms with Crippen molar-refractivity contribution in [1.29, 1.82) is 0 Å². The molecule has 1 aromatic heterocycles. The third-order valence-corrected chi connectivity index (χ3v) is 4.36. The van der Waals surface area contributed by atoms with E-state index in [0.29, 0.717) is 17.5 Å². The summed E-state index contributed by atoms with van der Waals surface area (Å²) in [7, 11) is 4.19. The van der Waals surface area contributed by atoms with Crippen LogP contribution in [0.25, 0.3) is 0 Å². The van der Waals surface area contributed by atoms with Gasteiger partial charge in [-0.15, -0.1) is 0 Å². The number of piperidine rings is 1. The predicted molar refractivity (Wildman–Crippen MR) is 91.8 cm³/mol. The summed E-state index contributed by atoms with van der Waals surface area (Å²) < 4.78 is 19.3. The van der Waals surface area contributed by atoms with Gasteiger partial charge in [-0.2, -0.15) is 4.98 Å². The van der Waals surface area contributed by atoms with Crippen LogP contribution in [-0.4, -0.2) is 48.1 Å². The Labute approximate surface area is 141 Å². The van der Waals surface area contributed by atoms with Gasteiger partial charge in [0.05, 0.1) is 0 Å². The Morgan fingerprint density at radius 3 is 2.58 bits per heavy atom.